The summed E-state index contributed by atoms with van der Waals surface area (Å²) in [6, 6.07) is 18.2. The van der Waals surface area contributed by atoms with Crippen LogP contribution in [0.1, 0.15) is 54.6 Å². The summed E-state index contributed by atoms with van der Waals surface area (Å²) in [6.45, 7) is 0. The van der Waals surface area contributed by atoms with Crippen molar-refractivity contribution in [3.8, 4) is 0 Å². The number of hydrogen-bond donors (Lipinski definition) is 1. The van der Waals surface area contributed by atoms with Crippen LogP contribution in [0.5, 0.6) is 0 Å². The van der Waals surface area contributed by atoms with Crippen molar-refractivity contribution in [2.75, 3.05) is 4.90 Å². The van der Waals surface area contributed by atoms with Crippen molar-refractivity contribution in [1.29, 1.82) is 0 Å². The quantitative estimate of drug-likeness (QED) is 0.698. The summed E-state index contributed by atoms with van der Waals surface area (Å²) in [5.74, 6) is -0.0117. The first-order valence-electron chi connectivity index (χ1n) is 10.1. The van der Waals surface area contributed by atoms with Gasteiger partial charge in [0, 0.05) is 16.4 Å². The van der Waals surface area contributed by atoms with E-state index in [1.54, 1.807) is 11.3 Å². The van der Waals surface area contributed by atoms with E-state index in [1.165, 1.54) is 10.4 Å². The summed E-state index contributed by atoms with van der Waals surface area (Å²) in [7, 11) is 0. The Morgan fingerprint density at radius 3 is 2.66 bits per heavy atom. The van der Waals surface area contributed by atoms with Gasteiger partial charge in [-0.05, 0) is 48.4 Å². The molecule has 1 N–H and O–H groups in total. The largest absolute Gasteiger partial charge is 0.331 e. The Bertz CT molecular complexity index is 1150. The van der Waals surface area contributed by atoms with Crippen LogP contribution in [0.15, 0.2) is 54.6 Å². The number of hydrogen-bond acceptors (Lipinski definition) is 3. The van der Waals surface area contributed by atoms with E-state index in [1.807, 2.05) is 47.4 Å². The molecule has 0 saturated heterocycles. The van der Waals surface area contributed by atoms with Crippen LogP contribution in [0.4, 0.5) is 5.00 Å². The van der Waals surface area contributed by atoms with Gasteiger partial charge in [0.25, 0.3) is 11.8 Å². The molecule has 29 heavy (non-hydrogen) atoms. The Morgan fingerprint density at radius 1 is 1.00 bits per heavy atom. The normalized spacial score (nSPS) is 21.9. The average Bonchev–Trinajstić information content (AvgIpc) is 3.33. The lowest BCUT2D eigenvalue weighted by Gasteiger charge is -2.44. The lowest BCUT2D eigenvalue weighted by Crippen LogP contribution is -2.60. The number of anilines is 1. The van der Waals surface area contributed by atoms with Gasteiger partial charge in [0.1, 0.15) is 11.2 Å². The summed E-state index contributed by atoms with van der Waals surface area (Å²) in [6.07, 6.45) is 3.46. The molecular weight excluding hydrogens is 380 g/mol. The molecular formula is C24H20N2O2S. The molecule has 0 bridgehead atoms. The standard InChI is InChI=1S/C24H20N2O2S/c27-22-20-17-11-6-12-19(17)29-24(20)26-21(25-22)18(13-14-7-2-1-3-8-14)15-9-4-5-10-16(15)23(26)28/h1-5,7-10,18,21H,6,11-13H2,(H,25,27). The van der Waals surface area contributed by atoms with E-state index in [9.17, 15) is 9.59 Å². The topological polar surface area (TPSA) is 49.4 Å². The van der Waals surface area contributed by atoms with Gasteiger partial charge in [-0.3, -0.25) is 14.5 Å². The molecule has 2 aromatic carbocycles. The minimum absolute atomic E-state index is 0.00362. The molecule has 0 radical (unpaired) electrons. The first kappa shape index (κ1) is 17.0. The number of carbonyl (C=O) groups is 2. The molecule has 0 spiro atoms. The molecule has 2 amide bonds. The average molecular weight is 401 g/mol. The predicted molar refractivity (Wildman–Crippen MR) is 114 cm³/mol. The van der Waals surface area contributed by atoms with E-state index in [-0.39, 0.29) is 23.9 Å². The fourth-order valence-corrected chi connectivity index (χ4v) is 6.51. The van der Waals surface area contributed by atoms with E-state index in [0.717, 1.165) is 52.9 Å². The molecule has 5 heteroatoms. The van der Waals surface area contributed by atoms with Crippen LogP contribution in [-0.2, 0) is 19.3 Å². The first-order chi connectivity index (χ1) is 14.2. The Hall–Kier alpha value is -2.92. The second-order valence-corrected chi connectivity index (χ2v) is 9.10. The second kappa shape index (κ2) is 6.29. The smallest absolute Gasteiger partial charge is 0.260 e. The summed E-state index contributed by atoms with van der Waals surface area (Å²) >= 11 is 1.64. The van der Waals surface area contributed by atoms with Crippen LogP contribution in [0.25, 0.3) is 0 Å². The zero-order valence-electron chi connectivity index (χ0n) is 15.9. The van der Waals surface area contributed by atoms with E-state index >= 15 is 0 Å². The molecule has 144 valence electrons. The number of rotatable bonds is 2. The van der Waals surface area contributed by atoms with Crippen molar-refractivity contribution in [3.05, 3.63) is 87.3 Å². The van der Waals surface area contributed by atoms with Gasteiger partial charge in [-0.1, -0.05) is 48.5 Å². The Labute approximate surface area is 173 Å². The summed E-state index contributed by atoms with van der Waals surface area (Å²) in [4.78, 5) is 29.8. The van der Waals surface area contributed by atoms with E-state index in [0.29, 0.717) is 0 Å². The Morgan fingerprint density at radius 2 is 1.79 bits per heavy atom. The molecule has 1 aliphatic carbocycles. The van der Waals surface area contributed by atoms with Gasteiger partial charge in [0.2, 0.25) is 0 Å². The third-order valence-electron chi connectivity index (χ3n) is 6.39. The van der Waals surface area contributed by atoms with Gasteiger partial charge < -0.3 is 5.32 Å². The van der Waals surface area contributed by atoms with Crippen LogP contribution in [-0.4, -0.2) is 18.0 Å². The van der Waals surface area contributed by atoms with Crippen LogP contribution in [0, 0.1) is 0 Å². The van der Waals surface area contributed by atoms with Crippen molar-refractivity contribution >= 4 is 28.2 Å². The third kappa shape index (κ3) is 2.43. The highest BCUT2D eigenvalue weighted by Gasteiger charge is 2.47. The zero-order chi connectivity index (χ0) is 19.5. The lowest BCUT2D eigenvalue weighted by atomic mass is 9.81. The molecule has 2 atom stereocenters. The third-order valence-corrected chi connectivity index (χ3v) is 7.69. The summed E-state index contributed by atoms with van der Waals surface area (Å²) in [5.41, 5.74) is 4.88. The molecule has 3 aromatic rings. The number of amides is 2. The number of nitrogens with one attached hydrogen (secondary N) is 1. The number of carbonyl (C=O) groups excluding carboxylic acids is 2. The van der Waals surface area contributed by atoms with Crippen molar-refractivity contribution < 1.29 is 9.59 Å². The molecule has 2 aliphatic heterocycles. The monoisotopic (exact) mass is 400 g/mol. The Balaban J connectivity index is 1.52. The van der Waals surface area contributed by atoms with Crippen LogP contribution in [0.2, 0.25) is 0 Å². The number of nitrogens with zero attached hydrogens (tertiary/aromatic N) is 1. The summed E-state index contributed by atoms with van der Waals surface area (Å²) < 4.78 is 0. The van der Waals surface area contributed by atoms with Gasteiger partial charge in [-0.15, -0.1) is 11.3 Å². The molecule has 4 nitrogen and oxygen atoms in total. The molecule has 3 heterocycles. The number of fused-ring (bicyclic) bond motifs is 6. The predicted octanol–water partition coefficient (Wildman–Crippen LogP) is 4.29. The van der Waals surface area contributed by atoms with Crippen molar-refractivity contribution in [3.63, 3.8) is 0 Å². The number of thiophene rings is 1. The Kier molecular flexibility index (Phi) is 3.68. The van der Waals surface area contributed by atoms with Gasteiger partial charge in [-0.2, -0.15) is 0 Å². The van der Waals surface area contributed by atoms with Gasteiger partial charge in [0.15, 0.2) is 0 Å². The maximum Gasteiger partial charge on any atom is 0.260 e. The minimum Gasteiger partial charge on any atom is -0.331 e. The summed E-state index contributed by atoms with van der Waals surface area (Å²) in [5, 5.41) is 4.05. The fraction of sp³-hybridized carbons (Fsp3) is 0.250. The van der Waals surface area contributed by atoms with Crippen molar-refractivity contribution in [1.82, 2.24) is 5.32 Å². The van der Waals surface area contributed by atoms with Crippen LogP contribution < -0.4 is 10.2 Å². The fourth-order valence-electron chi connectivity index (χ4n) is 5.09. The lowest BCUT2D eigenvalue weighted by molar-refractivity contribution is 0.0877. The molecule has 0 saturated carbocycles. The van der Waals surface area contributed by atoms with Gasteiger partial charge >= 0.3 is 0 Å². The van der Waals surface area contributed by atoms with Crippen molar-refractivity contribution in [2.24, 2.45) is 0 Å². The molecule has 2 unspecified atom stereocenters. The highest BCUT2D eigenvalue weighted by molar-refractivity contribution is 7.17. The van der Waals surface area contributed by atoms with Crippen LogP contribution >= 0.6 is 11.3 Å². The van der Waals surface area contributed by atoms with Gasteiger partial charge in [0.05, 0.1) is 5.56 Å². The molecule has 6 rings (SSSR count). The number of benzene rings is 2. The second-order valence-electron chi connectivity index (χ2n) is 8.01. The van der Waals surface area contributed by atoms with Crippen LogP contribution in [0.3, 0.4) is 0 Å². The molecule has 3 aliphatic rings. The van der Waals surface area contributed by atoms with Crippen molar-refractivity contribution in [2.45, 2.75) is 37.8 Å². The maximum absolute atomic E-state index is 13.5. The highest BCUT2D eigenvalue weighted by atomic mass is 32.1. The maximum atomic E-state index is 13.5. The molecule has 1 aromatic heterocycles. The number of aryl methyl sites for hydroxylation is 1. The van der Waals surface area contributed by atoms with E-state index < -0.39 is 0 Å². The van der Waals surface area contributed by atoms with Gasteiger partial charge in [-0.25, -0.2) is 0 Å². The minimum atomic E-state index is -0.351. The van der Waals surface area contributed by atoms with E-state index in [2.05, 4.69) is 17.4 Å². The zero-order valence-corrected chi connectivity index (χ0v) is 16.7. The molecule has 0 fully saturated rings. The first-order valence-corrected chi connectivity index (χ1v) is 11.0. The van der Waals surface area contributed by atoms with E-state index in [4.69, 9.17) is 0 Å². The highest BCUT2D eigenvalue weighted by Crippen LogP contribution is 2.47. The SMILES string of the molecule is O=C1NC2C(Cc3ccccc3)c3ccccc3C(=O)N2c2sc3c(c21)CCC3.